The molecule has 0 saturated heterocycles. The smallest absolute Gasteiger partial charge is 0.263 e. The van der Waals surface area contributed by atoms with Gasteiger partial charge in [-0.25, -0.2) is 10.1 Å². The number of anilines is 3. The minimum absolute atomic E-state index is 0.111. The van der Waals surface area contributed by atoms with Gasteiger partial charge in [0, 0.05) is 32.2 Å². The van der Waals surface area contributed by atoms with Gasteiger partial charge in [0.05, 0.1) is 12.6 Å². The first-order valence-electron chi connectivity index (χ1n) is 13.5. The molecule has 1 aliphatic rings. The highest BCUT2D eigenvalue weighted by Crippen LogP contribution is 2.54. The van der Waals surface area contributed by atoms with Crippen LogP contribution in [-0.2, 0) is 5.41 Å². The summed E-state index contributed by atoms with van der Waals surface area (Å²) < 4.78 is 0. The van der Waals surface area contributed by atoms with Gasteiger partial charge < -0.3 is 4.90 Å². The Morgan fingerprint density at radius 3 is 1.90 bits per heavy atom. The Bertz CT molecular complexity index is 2020. The molecule has 1 heterocycles. The van der Waals surface area contributed by atoms with Crippen LogP contribution in [0.1, 0.15) is 29.9 Å². The van der Waals surface area contributed by atoms with Crippen LogP contribution in [0.3, 0.4) is 0 Å². The SMILES string of the molecule is [C-]#[N+]/C(C#N)=C\c1cc2c(s1)-c1ccc(N(c3ccc4ccccc4c3)c3ccc4ccccc4c3)cc1C2(C)C. The zero-order valence-corrected chi connectivity index (χ0v) is 23.5. The topological polar surface area (TPSA) is 31.4 Å². The molecule has 7 rings (SSSR count). The van der Waals surface area contributed by atoms with E-state index in [2.05, 4.69) is 133 Å². The highest BCUT2D eigenvalue weighted by atomic mass is 32.1. The van der Waals surface area contributed by atoms with Crippen LogP contribution in [0.4, 0.5) is 17.1 Å². The third-order valence-corrected chi connectivity index (χ3v) is 9.22. The second-order valence-corrected chi connectivity index (χ2v) is 12.0. The molecule has 1 aromatic heterocycles. The minimum atomic E-state index is -0.216. The maximum absolute atomic E-state index is 9.25. The van der Waals surface area contributed by atoms with Crippen LogP contribution in [0.25, 0.3) is 42.9 Å². The van der Waals surface area contributed by atoms with E-state index in [0.29, 0.717) is 0 Å². The summed E-state index contributed by atoms with van der Waals surface area (Å²) >= 11 is 1.65. The Morgan fingerprint density at radius 1 is 0.756 bits per heavy atom. The molecule has 0 bridgehead atoms. The van der Waals surface area contributed by atoms with Crippen molar-refractivity contribution in [3.8, 4) is 16.5 Å². The number of thiophene rings is 1. The van der Waals surface area contributed by atoms with Crippen LogP contribution in [0, 0.1) is 17.9 Å². The number of hydrogen-bond donors (Lipinski definition) is 0. The maximum Gasteiger partial charge on any atom is 0.263 e. The number of allylic oxidation sites excluding steroid dienone is 1. The second kappa shape index (κ2) is 9.49. The van der Waals surface area contributed by atoms with Crippen molar-refractivity contribution in [3.05, 3.63) is 142 Å². The van der Waals surface area contributed by atoms with E-state index in [0.717, 1.165) is 21.9 Å². The zero-order valence-electron chi connectivity index (χ0n) is 22.7. The van der Waals surface area contributed by atoms with Gasteiger partial charge in [-0.15, -0.1) is 11.3 Å². The summed E-state index contributed by atoms with van der Waals surface area (Å²) in [5.74, 6) is 0. The Labute approximate surface area is 243 Å². The Morgan fingerprint density at radius 2 is 1.32 bits per heavy atom. The van der Waals surface area contributed by atoms with Gasteiger partial charge >= 0.3 is 0 Å². The summed E-state index contributed by atoms with van der Waals surface area (Å²) in [5, 5.41) is 14.1. The fourth-order valence-electron chi connectivity index (χ4n) is 5.98. The predicted molar refractivity (Wildman–Crippen MR) is 172 cm³/mol. The van der Waals surface area contributed by atoms with Gasteiger partial charge in [0.2, 0.25) is 0 Å². The lowest BCUT2D eigenvalue weighted by Crippen LogP contribution is -2.16. The fraction of sp³-hybridized carbons (Fsp3) is 0.0811. The molecular weight excluding hydrogens is 518 g/mol. The van der Waals surface area contributed by atoms with Crippen molar-refractivity contribution in [2.24, 2.45) is 0 Å². The van der Waals surface area contributed by atoms with Crippen LogP contribution in [0.5, 0.6) is 0 Å². The van der Waals surface area contributed by atoms with E-state index in [9.17, 15) is 5.26 Å². The highest BCUT2D eigenvalue weighted by Gasteiger charge is 2.37. The predicted octanol–water partition coefficient (Wildman–Crippen LogP) is 10.6. The summed E-state index contributed by atoms with van der Waals surface area (Å²) in [6.45, 7) is 11.8. The van der Waals surface area contributed by atoms with Gasteiger partial charge in [0.1, 0.15) is 0 Å². The molecule has 6 aromatic rings. The molecule has 4 heteroatoms. The van der Waals surface area contributed by atoms with Crippen molar-refractivity contribution >= 4 is 56.0 Å². The molecule has 41 heavy (non-hydrogen) atoms. The highest BCUT2D eigenvalue weighted by molar-refractivity contribution is 7.16. The van der Waals surface area contributed by atoms with Gasteiger partial charge in [-0.3, -0.25) is 0 Å². The van der Waals surface area contributed by atoms with Crippen molar-refractivity contribution in [1.29, 1.82) is 5.26 Å². The fourth-order valence-corrected chi connectivity index (χ4v) is 7.28. The lowest BCUT2D eigenvalue weighted by Gasteiger charge is -2.28. The molecule has 3 nitrogen and oxygen atoms in total. The summed E-state index contributed by atoms with van der Waals surface area (Å²) in [6, 6.07) is 41.2. The quantitative estimate of drug-likeness (QED) is 0.164. The lowest BCUT2D eigenvalue weighted by atomic mass is 9.82. The molecule has 0 spiro atoms. The summed E-state index contributed by atoms with van der Waals surface area (Å²) in [7, 11) is 0. The molecule has 0 radical (unpaired) electrons. The maximum atomic E-state index is 9.25. The normalized spacial score (nSPS) is 13.4. The number of benzene rings is 5. The number of nitrogens with zero attached hydrogens (tertiary/aromatic N) is 3. The van der Waals surface area contributed by atoms with Crippen molar-refractivity contribution in [1.82, 2.24) is 0 Å². The minimum Gasteiger partial charge on any atom is -0.310 e. The van der Waals surface area contributed by atoms with Crippen molar-refractivity contribution in [2.45, 2.75) is 19.3 Å². The van der Waals surface area contributed by atoms with Crippen LogP contribution in [-0.4, -0.2) is 0 Å². The second-order valence-electron chi connectivity index (χ2n) is 10.9. The molecule has 0 aliphatic heterocycles. The van der Waals surface area contributed by atoms with Crippen LogP contribution >= 0.6 is 11.3 Å². The average Bonchev–Trinajstić information content (AvgIpc) is 3.52. The van der Waals surface area contributed by atoms with E-state index >= 15 is 0 Å². The number of hydrogen-bond acceptors (Lipinski definition) is 3. The van der Waals surface area contributed by atoms with E-state index in [1.165, 1.54) is 43.1 Å². The van der Waals surface area contributed by atoms with Crippen molar-refractivity contribution < 1.29 is 0 Å². The largest absolute Gasteiger partial charge is 0.310 e. The first-order chi connectivity index (χ1) is 20.0. The van der Waals surface area contributed by atoms with E-state index in [1.54, 1.807) is 17.4 Å². The number of fused-ring (bicyclic) bond motifs is 5. The van der Waals surface area contributed by atoms with Gasteiger partial charge in [0.25, 0.3) is 5.70 Å². The lowest BCUT2D eigenvalue weighted by molar-refractivity contribution is 0.662. The third kappa shape index (κ3) is 4.09. The van der Waals surface area contributed by atoms with Gasteiger partial charge in [-0.05, 0) is 86.8 Å². The Balaban J connectivity index is 1.39. The molecule has 0 amide bonds. The summed E-state index contributed by atoms with van der Waals surface area (Å²) in [6.07, 6.45) is 1.70. The molecule has 5 aromatic carbocycles. The first kappa shape index (κ1) is 24.9. The standard InChI is InChI=1S/C37H25N3S/c1-37(2)34-21-31(16-17-33(34)36-35(37)22-32(41-36)20-28(23-38)39-3)40(29-14-12-24-8-4-6-10-26(24)18-29)30-15-13-25-9-5-7-11-27(25)19-30/h4-22H,1-2H3/b28-20-. The van der Waals surface area contributed by atoms with E-state index in [-0.39, 0.29) is 11.1 Å². The van der Waals surface area contributed by atoms with E-state index < -0.39 is 0 Å². The van der Waals surface area contributed by atoms with Gasteiger partial charge in [0.15, 0.2) is 0 Å². The number of nitriles is 1. The van der Waals surface area contributed by atoms with E-state index in [1.807, 2.05) is 6.07 Å². The van der Waals surface area contributed by atoms with Crippen LogP contribution < -0.4 is 4.90 Å². The van der Waals surface area contributed by atoms with Crippen LogP contribution in [0.15, 0.2) is 115 Å². The Hall–Kier alpha value is -5.16. The monoisotopic (exact) mass is 543 g/mol. The van der Waals surface area contributed by atoms with Crippen LogP contribution in [0.2, 0.25) is 0 Å². The molecule has 0 saturated carbocycles. The molecule has 0 N–H and O–H groups in total. The van der Waals surface area contributed by atoms with Gasteiger partial charge in [-0.2, -0.15) is 0 Å². The van der Waals surface area contributed by atoms with Crippen molar-refractivity contribution in [3.63, 3.8) is 0 Å². The summed E-state index contributed by atoms with van der Waals surface area (Å²) in [4.78, 5) is 7.85. The third-order valence-electron chi connectivity index (χ3n) is 8.10. The molecular formula is C37H25N3S. The van der Waals surface area contributed by atoms with Gasteiger partial charge in [-0.1, -0.05) is 80.6 Å². The molecule has 0 atom stereocenters. The molecule has 0 fully saturated rings. The number of rotatable bonds is 4. The molecule has 0 unspecified atom stereocenters. The summed E-state index contributed by atoms with van der Waals surface area (Å²) in [5.41, 5.74) is 6.97. The van der Waals surface area contributed by atoms with Crippen molar-refractivity contribution in [2.75, 3.05) is 4.90 Å². The molecule has 194 valence electrons. The van der Waals surface area contributed by atoms with E-state index in [4.69, 9.17) is 6.57 Å². The Kier molecular flexibility index (Phi) is 5.75. The first-order valence-corrected chi connectivity index (χ1v) is 14.3. The molecule has 1 aliphatic carbocycles. The average molecular weight is 544 g/mol. The zero-order chi connectivity index (χ0) is 28.1.